The van der Waals surface area contributed by atoms with Crippen molar-refractivity contribution in [1.29, 1.82) is 0 Å². The number of rotatable bonds is 7. The first kappa shape index (κ1) is 17.1. The Morgan fingerprint density at radius 1 is 1.35 bits per heavy atom. The monoisotopic (exact) mass is 334 g/mol. The Labute approximate surface area is 123 Å². The molecule has 1 aromatic heterocycles. The van der Waals surface area contributed by atoms with E-state index >= 15 is 0 Å². The number of anilines is 1. The number of pyridine rings is 1. The van der Waals surface area contributed by atoms with Crippen molar-refractivity contribution in [2.45, 2.75) is 25.7 Å². The average molecular weight is 335 g/mol. The maximum Gasteiger partial charge on any atom is 0.340 e. The maximum atomic E-state index is 12.8. The highest BCUT2D eigenvalue weighted by atomic mass is 35.5. The van der Waals surface area contributed by atoms with E-state index in [2.05, 4.69) is 15.0 Å². The van der Waals surface area contributed by atoms with Crippen molar-refractivity contribution in [1.82, 2.24) is 4.98 Å². The molecule has 1 N–H and O–H groups in total. The topological polar surface area (TPSA) is 34.2 Å². The minimum atomic E-state index is -4.28. The van der Waals surface area contributed by atoms with Gasteiger partial charge in [0.05, 0.1) is 5.02 Å². The van der Waals surface area contributed by atoms with Crippen LogP contribution in [0.4, 0.5) is 23.4 Å². The summed E-state index contributed by atoms with van der Waals surface area (Å²) in [5.74, 6) is -4.47. The molecule has 0 saturated carbocycles. The smallest absolute Gasteiger partial charge is 0.340 e. The maximum absolute atomic E-state index is 12.8. The zero-order valence-electron chi connectivity index (χ0n) is 10.4. The molecule has 0 atom stereocenters. The van der Waals surface area contributed by atoms with E-state index in [9.17, 15) is 17.6 Å². The standard InChI is InChI=1S/C11H12Cl2F4N2O/c1-2-3-18-8-6(12)4-7(13)9(19-8)20-5-11(16,17)10(14)15/h4,10H,2-3,5H2,1H3,(H,18,19). The zero-order valence-corrected chi connectivity index (χ0v) is 11.9. The molecule has 0 bridgehead atoms. The lowest BCUT2D eigenvalue weighted by molar-refractivity contribution is -0.148. The Balaban J connectivity index is 2.84. The molecule has 114 valence electrons. The third-order valence-corrected chi connectivity index (χ3v) is 2.72. The van der Waals surface area contributed by atoms with Crippen LogP contribution in [-0.2, 0) is 0 Å². The molecule has 0 aliphatic carbocycles. The van der Waals surface area contributed by atoms with Gasteiger partial charge in [-0.15, -0.1) is 0 Å². The molecule has 0 fully saturated rings. The molecule has 1 aromatic rings. The molecule has 20 heavy (non-hydrogen) atoms. The van der Waals surface area contributed by atoms with Crippen molar-refractivity contribution in [2.75, 3.05) is 18.5 Å². The van der Waals surface area contributed by atoms with Crippen LogP contribution in [0.2, 0.25) is 10.0 Å². The summed E-state index contributed by atoms with van der Waals surface area (Å²) in [4.78, 5) is 3.80. The Morgan fingerprint density at radius 2 is 2.00 bits per heavy atom. The highest BCUT2D eigenvalue weighted by Gasteiger charge is 2.42. The fourth-order valence-electron chi connectivity index (χ4n) is 1.15. The van der Waals surface area contributed by atoms with Gasteiger partial charge in [-0.1, -0.05) is 30.1 Å². The summed E-state index contributed by atoms with van der Waals surface area (Å²) in [5, 5.41) is 2.87. The van der Waals surface area contributed by atoms with Gasteiger partial charge in [0.2, 0.25) is 5.88 Å². The van der Waals surface area contributed by atoms with Crippen LogP contribution in [0.1, 0.15) is 13.3 Å². The van der Waals surface area contributed by atoms with Crippen LogP contribution in [-0.4, -0.2) is 30.5 Å². The third kappa shape index (κ3) is 4.56. The molecule has 0 unspecified atom stereocenters. The van der Waals surface area contributed by atoms with Crippen LogP contribution in [0, 0.1) is 0 Å². The lowest BCUT2D eigenvalue weighted by atomic mass is 10.4. The molecule has 1 heterocycles. The first-order chi connectivity index (χ1) is 9.27. The lowest BCUT2D eigenvalue weighted by Gasteiger charge is -2.17. The molecule has 0 saturated heterocycles. The average Bonchev–Trinajstić information content (AvgIpc) is 2.36. The first-order valence-electron chi connectivity index (χ1n) is 5.66. The predicted molar refractivity (Wildman–Crippen MR) is 69.5 cm³/mol. The van der Waals surface area contributed by atoms with E-state index in [4.69, 9.17) is 23.2 Å². The summed E-state index contributed by atoms with van der Waals surface area (Å²) < 4.78 is 54.1. The molecule has 0 aliphatic heterocycles. The normalized spacial score (nSPS) is 11.8. The highest BCUT2D eigenvalue weighted by molar-refractivity contribution is 6.36. The van der Waals surface area contributed by atoms with Crippen molar-refractivity contribution < 1.29 is 22.3 Å². The Hall–Kier alpha value is -0.950. The number of hydrogen-bond donors (Lipinski definition) is 1. The predicted octanol–water partition coefficient (Wildman–Crippen LogP) is 4.49. The molecule has 0 radical (unpaired) electrons. The molecule has 1 rings (SSSR count). The number of ether oxygens (including phenoxy) is 1. The second-order valence-corrected chi connectivity index (χ2v) is 4.70. The molecule has 0 spiro atoms. The van der Waals surface area contributed by atoms with Crippen LogP contribution >= 0.6 is 23.2 Å². The van der Waals surface area contributed by atoms with E-state index in [-0.39, 0.29) is 21.7 Å². The van der Waals surface area contributed by atoms with Crippen LogP contribution in [0.5, 0.6) is 5.88 Å². The number of halogens is 6. The van der Waals surface area contributed by atoms with Gasteiger partial charge >= 0.3 is 12.3 Å². The van der Waals surface area contributed by atoms with Crippen LogP contribution < -0.4 is 10.1 Å². The van der Waals surface area contributed by atoms with Gasteiger partial charge in [-0.3, -0.25) is 0 Å². The van der Waals surface area contributed by atoms with Gasteiger partial charge in [0.1, 0.15) is 10.8 Å². The zero-order chi connectivity index (χ0) is 15.3. The summed E-state index contributed by atoms with van der Waals surface area (Å²) in [6, 6.07) is 1.24. The van der Waals surface area contributed by atoms with Crippen LogP contribution in [0.15, 0.2) is 6.07 Å². The molecule has 0 amide bonds. The number of nitrogens with zero attached hydrogens (tertiary/aromatic N) is 1. The van der Waals surface area contributed by atoms with E-state index in [0.29, 0.717) is 6.54 Å². The summed E-state index contributed by atoms with van der Waals surface area (Å²) in [7, 11) is 0. The number of aromatic nitrogens is 1. The molecule has 0 aliphatic rings. The van der Waals surface area contributed by atoms with Gasteiger partial charge in [0, 0.05) is 6.54 Å². The van der Waals surface area contributed by atoms with Crippen molar-refractivity contribution >= 4 is 29.0 Å². The van der Waals surface area contributed by atoms with Crippen LogP contribution in [0.25, 0.3) is 0 Å². The molecular weight excluding hydrogens is 323 g/mol. The number of alkyl halides is 4. The second-order valence-electron chi connectivity index (χ2n) is 3.88. The largest absolute Gasteiger partial charge is 0.470 e. The van der Waals surface area contributed by atoms with Gasteiger partial charge in [-0.25, -0.2) is 8.78 Å². The van der Waals surface area contributed by atoms with Gasteiger partial charge < -0.3 is 10.1 Å². The third-order valence-electron chi connectivity index (χ3n) is 2.16. The van der Waals surface area contributed by atoms with E-state index in [1.807, 2.05) is 6.92 Å². The van der Waals surface area contributed by atoms with Crippen molar-refractivity contribution in [3.63, 3.8) is 0 Å². The van der Waals surface area contributed by atoms with E-state index < -0.39 is 19.0 Å². The quantitative estimate of drug-likeness (QED) is 0.746. The fraction of sp³-hybridized carbons (Fsp3) is 0.545. The highest BCUT2D eigenvalue weighted by Crippen LogP contribution is 2.32. The van der Waals surface area contributed by atoms with Gasteiger partial charge in [-0.05, 0) is 12.5 Å². The lowest BCUT2D eigenvalue weighted by Crippen LogP contribution is -2.34. The second kappa shape index (κ2) is 7.17. The van der Waals surface area contributed by atoms with Crippen LogP contribution in [0.3, 0.4) is 0 Å². The molecular formula is C11H12Cl2F4N2O. The number of nitrogens with one attached hydrogen (secondary N) is 1. The van der Waals surface area contributed by atoms with Crippen molar-refractivity contribution in [3.8, 4) is 5.88 Å². The SMILES string of the molecule is CCCNc1nc(OCC(F)(F)C(F)F)c(Cl)cc1Cl. The summed E-state index contributed by atoms with van der Waals surface area (Å²) in [5.41, 5.74) is 0. The van der Waals surface area contributed by atoms with Gasteiger partial charge in [0.25, 0.3) is 0 Å². The Bertz CT molecular complexity index is 460. The van der Waals surface area contributed by atoms with Crippen molar-refractivity contribution in [2.24, 2.45) is 0 Å². The summed E-state index contributed by atoms with van der Waals surface area (Å²) in [6.07, 6.45) is -3.05. The molecule has 0 aromatic carbocycles. The van der Waals surface area contributed by atoms with E-state index in [0.717, 1.165) is 6.42 Å². The minimum Gasteiger partial charge on any atom is -0.470 e. The minimum absolute atomic E-state index is 0.137. The van der Waals surface area contributed by atoms with E-state index in [1.165, 1.54) is 6.07 Å². The van der Waals surface area contributed by atoms with Gasteiger partial charge in [0.15, 0.2) is 6.61 Å². The Morgan fingerprint density at radius 3 is 2.55 bits per heavy atom. The molecule has 3 nitrogen and oxygen atoms in total. The summed E-state index contributed by atoms with van der Waals surface area (Å²) >= 11 is 11.6. The Kier molecular flexibility index (Phi) is 6.13. The van der Waals surface area contributed by atoms with Crippen molar-refractivity contribution in [3.05, 3.63) is 16.1 Å². The number of hydrogen-bond acceptors (Lipinski definition) is 3. The van der Waals surface area contributed by atoms with E-state index in [1.54, 1.807) is 0 Å². The van der Waals surface area contributed by atoms with Gasteiger partial charge in [-0.2, -0.15) is 13.8 Å². The molecule has 9 heteroatoms. The summed E-state index contributed by atoms with van der Waals surface area (Å²) in [6.45, 7) is 0.921. The fourth-order valence-corrected chi connectivity index (χ4v) is 1.63. The first-order valence-corrected chi connectivity index (χ1v) is 6.42.